The van der Waals surface area contributed by atoms with E-state index in [1.165, 1.54) is 5.56 Å². The molecule has 27 heavy (non-hydrogen) atoms. The molecular weight excluding hydrogens is 340 g/mol. The van der Waals surface area contributed by atoms with Gasteiger partial charge in [0.15, 0.2) is 0 Å². The van der Waals surface area contributed by atoms with Crippen LogP contribution in [-0.4, -0.2) is 36.2 Å². The van der Waals surface area contributed by atoms with Crippen LogP contribution in [0.5, 0.6) is 11.5 Å². The number of methoxy groups -OCH3 is 1. The summed E-state index contributed by atoms with van der Waals surface area (Å²) in [5, 5.41) is 1.60. The Balaban J connectivity index is 1.34. The highest BCUT2D eigenvalue weighted by molar-refractivity contribution is 5.82. The molecule has 3 aromatic rings. The summed E-state index contributed by atoms with van der Waals surface area (Å²) in [6.45, 7) is 2.95. The van der Waals surface area contributed by atoms with Crippen molar-refractivity contribution in [2.75, 3.05) is 20.2 Å². The van der Waals surface area contributed by atoms with Crippen molar-refractivity contribution < 1.29 is 9.47 Å². The molecule has 1 fully saturated rings. The smallest absolute Gasteiger partial charge is 0.255 e. The van der Waals surface area contributed by atoms with E-state index in [0.29, 0.717) is 5.39 Å². The molecule has 0 amide bonds. The van der Waals surface area contributed by atoms with Crippen LogP contribution in [0.1, 0.15) is 18.4 Å². The molecule has 5 nitrogen and oxygen atoms in total. The predicted molar refractivity (Wildman–Crippen MR) is 106 cm³/mol. The molecule has 1 aliphatic rings. The minimum absolute atomic E-state index is 0.0649. The maximum atomic E-state index is 11.8. The first-order valence-electron chi connectivity index (χ1n) is 9.35. The molecule has 1 saturated heterocycles. The number of fused-ring (bicyclic) bond motifs is 1. The Labute approximate surface area is 158 Å². The number of nitrogens with zero attached hydrogens (tertiary/aromatic N) is 1. The highest BCUT2D eigenvalue weighted by atomic mass is 16.5. The third kappa shape index (κ3) is 4.14. The Morgan fingerprint density at radius 1 is 1.07 bits per heavy atom. The Morgan fingerprint density at radius 3 is 2.74 bits per heavy atom. The maximum absolute atomic E-state index is 11.8. The molecule has 1 aromatic heterocycles. The van der Waals surface area contributed by atoms with Crippen molar-refractivity contribution >= 4 is 10.8 Å². The highest BCUT2D eigenvalue weighted by Gasteiger charge is 2.21. The summed E-state index contributed by atoms with van der Waals surface area (Å²) in [5.41, 5.74) is 1.21. The number of aromatic nitrogens is 1. The Kier molecular flexibility index (Phi) is 5.12. The van der Waals surface area contributed by atoms with E-state index in [4.69, 9.17) is 9.47 Å². The number of hydrogen-bond donors (Lipinski definition) is 1. The molecule has 1 aliphatic heterocycles. The molecule has 0 aliphatic carbocycles. The number of piperidine rings is 1. The van der Waals surface area contributed by atoms with E-state index in [1.54, 1.807) is 13.3 Å². The number of likely N-dealkylation sites (tertiary alicyclic amines) is 1. The standard InChI is InChI=1S/C22H24N2O3/c1-26-19-4-2-3-16(13-19)15-24-11-8-18(9-12-24)27-20-5-6-21-17(14-20)7-10-23-22(21)25/h2-7,10,13-14,18H,8-9,11-12,15H2,1H3,(H,23,25). The molecule has 4 rings (SSSR count). The molecule has 0 spiro atoms. The average molecular weight is 364 g/mol. The van der Waals surface area contributed by atoms with Crippen LogP contribution < -0.4 is 15.0 Å². The average Bonchev–Trinajstić information content (AvgIpc) is 2.70. The third-order valence-electron chi connectivity index (χ3n) is 5.12. The van der Waals surface area contributed by atoms with Gasteiger partial charge in [0.2, 0.25) is 0 Å². The zero-order chi connectivity index (χ0) is 18.6. The highest BCUT2D eigenvalue weighted by Crippen LogP contribution is 2.23. The summed E-state index contributed by atoms with van der Waals surface area (Å²) in [5.74, 6) is 1.74. The lowest BCUT2D eigenvalue weighted by Crippen LogP contribution is -2.37. The molecule has 2 aromatic carbocycles. The van der Waals surface area contributed by atoms with Gasteiger partial charge in [0.25, 0.3) is 5.56 Å². The molecule has 0 unspecified atom stereocenters. The summed E-state index contributed by atoms with van der Waals surface area (Å²) in [4.78, 5) is 16.9. The fourth-order valence-electron chi connectivity index (χ4n) is 3.65. The van der Waals surface area contributed by atoms with Gasteiger partial charge in [-0.25, -0.2) is 0 Å². The number of pyridine rings is 1. The van der Waals surface area contributed by atoms with Gasteiger partial charge in [-0.2, -0.15) is 0 Å². The fourth-order valence-corrected chi connectivity index (χ4v) is 3.65. The predicted octanol–water partition coefficient (Wildman–Crippen LogP) is 3.58. The van der Waals surface area contributed by atoms with E-state index in [2.05, 4.69) is 22.0 Å². The number of rotatable bonds is 5. The molecule has 0 saturated carbocycles. The van der Waals surface area contributed by atoms with Gasteiger partial charge >= 0.3 is 0 Å². The van der Waals surface area contributed by atoms with Crippen LogP contribution in [0.2, 0.25) is 0 Å². The summed E-state index contributed by atoms with van der Waals surface area (Å²) < 4.78 is 11.5. The van der Waals surface area contributed by atoms with Gasteiger partial charge in [-0.15, -0.1) is 0 Å². The van der Waals surface area contributed by atoms with Gasteiger partial charge in [-0.1, -0.05) is 12.1 Å². The largest absolute Gasteiger partial charge is 0.497 e. The van der Waals surface area contributed by atoms with Crippen molar-refractivity contribution in [3.05, 3.63) is 70.6 Å². The van der Waals surface area contributed by atoms with E-state index in [9.17, 15) is 4.79 Å². The third-order valence-corrected chi connectivity index (χ3v) is 5.12. The Hall–Kier alpha value is -2.79. The molecule has 0 atom stereocenters. The Bertz CT molecular complexity index is 974. The second-order valence-corrected chi connectivity index (χ2v) is 7.00. The van der Waals surface area contributed by atoms with Gasteiger partial charge < -0.3 is 14.5 Å². The number of benzene rings is 2. The van der Waals surface area contributed by atoms with E-state index in [0.717, 1.165) is 49.4 Å². The van der Waals surface area contributed by atoms with Crippen LogP contribution in [0.25, 0.3) is 10.8 Å². The van der Waals surface area contributed by atoms with Crippen LogP contribution in [0.4, 0.5) is 0 Å². The van der Waals surface area contributed by atoms with Gasteiger partial charge in [0.05, 0.1) is 7.11 Å². The summed E-state index contributed by atoms with van der Waals surface area (Å²) in [6.07, 6.45) is 3.88. The molecule has 140 valence electrons. The first-order valence-corrected chi connectivity index (χ1v) is 9.35. The van der Waals surface area contributed by atoms with Crippen molar-refractivity contribution in [3.8, 4) is 11.5 Å². The van der Waals surface area contributed by atoms with Crippen LogP contribution in [0, 0.1) is 0 Å². The SMILES string of the molecule is COc1cccc(CN2CCC(Oc3ccc4c(=O)[nH]ccc4c3)CC2)c1. The lowest BCUT2D eigenvalue weighted by molar-refractivity contribution is 0.0969. The zero-order valence-corrected chi connectivity index (χ0v) is 15.5. The second kappa shape index (κ2) is 7.84. The monoisotopic (exact) mass is 364 g/mol. The number of H-pyrrole nitrogens is 1. The zero-order valence-electron chi connectivity index (χ0n) is 15.5. The normalized spacial score (nSPS) is 15.7. The van der Waals surface area contributed by atoms with Gasteiger partial charge in [0, 0.05) is 31.2 Å². The molecule has 0 radical (unpaired) electrons. The van der Waals surface area contributed by atoms with Crippen LogP contribution in [-0.2, 0) is 6.54 Å². The quantitative estimate of drug-likeness (QED) is 0.752. The number of ether oxygens (including phenoxy) is 2. The molecule has 1 N–H and O–H groups in total. The van der Waals surface area contributed by atoms with E-state index < -0.39 is 0 Å². The molecule has 2 heterocycles. The first-order chi connectivity index (χ1) is 13.2. The Morgan fingerprint density at radius 2 is 1.93 bits per heavy atom. The number of hydrogen-bond acceptors (Lipinski definition) is 4. The number of aromatic amines is 1. The summed E-state index contributed by atoms with van der Waals surface area (Å²) >= 11 is 0. The van der Waals surface area contributed by atoms with Crippen LogP contribution in [0.15, 0.2) is 59.5 Å². The minimum Gasteiger partial charge on any atom is -0.497 e. The van der Waals surface area contributed by atoms with Crippen LogP contribution in [0.3, 0.4) is 0 Å². The van der Waals surface area contributed by atoms with Crippen LogP contribution >= 0.6 is 0 Å². The fraction of sp³-hybridized carbons (Fsp3) is 0.318. The van der Waals surface area contributed by atoms with Crippen molar-refractivity contribution in [2.24, 2.45) is 0 Å². The lowest BCUT2D eigenvalue weighted by atomic mass is 10.1. The topological polar surface area (TPSA) is 54.6 Å². The van der Waals surface area contributed by atoms with Crippen molar-refractivity contribution in [3.63, 3.8) is 0 Å². The molecule has 5 heteroatoms. The van der Waals surface area contributed by atoms with E-state index >= 15 is 0 Å². The lowest BCUT2D eigenvalue weighted by Gasteiger charge is -2.32. The minimum atomic E-state index is -0.0649. The molecular formula is C22H24N2O3. The number of nitrogens with one attached hydrogen (secondary N) is 1. The molecule has 0 bridgehead atoms. The van der Waals surface area contributed by atoms with Gasteiger partial charge in [-0.3, -0.25) is 9.69 Å². The second-order valence-electron chi connectivity index (χ2n) is 7.00. The van der Waals surface area contributed by atoms with E-state index in [-0.39, 0.29) is 11.7 Å². The van der Waals surface area contributed by atoms with Gasteiger partial charge in [-0.05, 0) is 60.2 Å². The van der Waals surface area contributed by atoms with E-state index in [1.807, 2.05) is 36.4 Å². The summed E-state index contributed by atoms with van der Waals surface area (Å²) in [7, 11) is 1.70. The first kappa shape index (κ1) is 17.6. The van der Waals surface area contributed by atoms with Crippen molar-refractivity contribution in [2.45, 2.75) is 25.5 Å². The van der Waals surface area contributed by atoms with Crippen molar-refractivity contribution in [1.82, 2.24) is 9.88 Å². The van der Waals surface area contributed by atoms with Crippen molar-refractivity contribution in [1.29, 1.82) is 0 Å². The van der Waals surface area contributed by atoms with Gasteiger partial charge in [0.1, 0.15) is 17.6 Å². The summed E-state index contributed by atoms with van der Waals surface area (Å²) in [6, 6.07) is 15.8. The maximum Gasteiger partial charge on any atom is 0.255 e.